The second-order valence-corrected chi connectivity index (χ2v) is 6.13. The van der Waals surface area contributed by atoms with Crippen LogP contribution in [0.1, 0.15) is 38.6 Å². The van der Waals surface area contributed by atoms with Gasteiger partial charge in [0.25, 0.3) is 0 Å². The van der Waals surface area contributed by atoms with E-state index in [2.05, 4.69) is 24.1 Å². The molecule has 1 aromatic heterocycles. The van der Waals surface area contributed by atoms with Gasteiger partial charge in [0.05, 0.1) is 6.04 Å². The number of piperidine rings is 1. The van der Waals surface area contributed by atoms with Gasteiger partial charge in [-0.3, -0.25) is 9.59 Å². The Hall–Kier alpha value is -1.85. The third kappa shape index (κ3) is 3.43. The smallest absolute Gasteiger partial charge is 0.224 e. The van der Waals surface area contributed by atoms with E-state index in [1.165, 1.54) is 0 Å². The summed E-state index contributed by atoms with van der Waals surface area (Å²) in [5.74, 6) is 0.850. The molecule has 1 aromatic rings. The van der Waals surface area contributed by atoms with Crippen LogP contribution in [0.2, 0.25) is 0 Å². The number of nitrogens with one attached hydrogen (secondary N) is 1. The molecular weight excluding hydrogens is 268 g/mol. The van der Waals surface area contributed by atoms with Gasteiger partial charge in [-0.05, 0) is 12.3 Å². The van der Waals surface area contributed by atoms with E-state index in [-0.39, 0.29) is 29.7 Å². The van der Waals surface area contributed by atoms with Crippen molar-refractivity contribution >= 4 is 11.8 Å². The highest BCUT2D eigenvalue weighted by Crippen LogP contribution is 2.23. The van der Waals surface area contributed by atoms with Crippen molar-refractivity contribution < 1.29 is 9.59 Å². The predicted molar refractivity (Wildman–Crippen MR) is 79.3 cm³/mol. The molecule has 1 aliphatic heterocycles. The van der Waals surface area contributed by atoms with Gasteiger partial charge in [0.2, 0.25) is 11.8 Å². The van der Waals surface area contributed by atoms with Crippen LogP contribution in [0.5, 0.6) is 0 Å². The number of carbonyl (C=O) groups excluding carboxylic acids is 2. The highest BCUT2D eigenvalue weighted by Gasteiger charge is 2.31. The molecule has 0 bridgehead atoms. The summed E-state index contributed by atoms with van der Waals surface area (Å²) in [6.45, 7) is 4.75. The molecule has 2 heterocycles. The first-order chi connectivity index (χ1) is 9.90. The quantitative estimate of drug-likeness (QED) is 0.903. The van der Waals surface area contributed by atoms with Gasteiger partial charge in [0.15, 0.2) is 0 Å². The Bertz CT molecular complexity index is 523. The van der Waals surface area contributed by atoms with Crippen molar-refractivity contribution in [1.29, 1.82) is 0 Å². The molecule has 2 amide bonds. The molecule has 0 saturated carbocycles. The fourth-order valence-electron chi connectivity index (χ4n) is 2.64. The fourth-order valence-corrected chi connectivity index (χ4v) is 2.64. The van der Waals surface area contributed by atoms with Gasteiger partial charge in [-0.1, -0.05) is 13.8 Å². The van der Waals surface area contributed by atoms with Crippen LogP contribution in [0.3, 0.4) is 0 Å². The van der Waals surface area contributed by atoms with Crippen molar-refractivity contribution in [2.24, 2.45) is 18.9 Å². The zero-order chi connectivity index (χ0) is 15.6. The number of nitrogens with zero attached hydrogens (tertiary/aromatic N) is 3. The Morgan fingerprint density at radius 3 is 2.67 bits per heavy atom. The maximum atomic E-state index is 12.5. The zero-order valence-electron chi connectivity index (χ0n) is 13.2. The van der Waals surface area contributed by atoms with E-state index in [9.17, 15) is 9.59 Å². The predicted octanol–water partition coefficient (Wildman–Crippen LogP) is 1.10. The van der Waals surface area contributed by atoms with Crippen LogP contribution in [0.15, 0.2) is 12.4 Å². The number of rotatable bonds is 4. The van der Waals surface area contributed by atoms with E-state index < -0.39 is 0 Å². The lowest BCUT2D eigenvalue weighted by Crippen LogP contribution is -2.44. The monoisotopic (exact) mass is 292 g/mol. The molecule has 0 aliphatic carbocycles. The van der Waals surface area contributed by atoms with Crippen molar-refractivity contribution in [2.45, 2.75) is 32.7 Å². The molecule has 1 saturated heterocycles. The van der Waals surface area contributed by atoms with Gasteiger partial charge in [-0.2, -0.15) is 0 Å². The average Bonchev–Trinajstić information content (AvgIpc) is 2.84. The minimum atomic E-state index is -0.227. The number of imidazole rings is 1. The molecule has 1 fully saturated rings. The minimum Gasteiger partial charge on any atom is -0.346 e. The summed E-state index contributed by atoms with van der Waals surface area (Å²) < 4.78 is 1.92. The fraction of sp³-hybridized carbons (Fsp3) is 0.667. The molecule has 0 spiro atoms. The minimum absolute atomic E-state index is 0.0412. The largest absolute Gasteiger partial charge is 0.346 e. The molecule has 2 atom stereocenters. The molecule has 6 heteroatoms. The number of carbonyl (C=O) groups is 2. The van der Waals surface area contributed by atoms with Crippen LogP contribution >= 0.6 is 0 Å². The third-order valence-corrected chi connectivity index (χ3v) is 4.13. The second kappa shape index (κ2) is 6.28. The van der Waals surface area contributed by atoms with Crippen molar-refractivity contribution in [1.82, 2.24) is 19.8 Å². The van der Waals surface area contributed by atoms with Gasteiger partial charge in [-0.25, -0.2) is 4.98 Å². The van der Waals surface area contributed by atoms with Crippen LogP contribution < -0.4 is 5.32 Å². The highest BCUT2D eigenvalue weighted by molar-refractivity contribution is 5.87. The second-order valence-electron chi connectivity index (χ2n) is 6.13. The van der Waals surface area contributed by atoms with E-state index in [4.69, 9.17) is 0 Å². The van der Waals surface area contributed by atoms with Gasteiger partial charge < -0.3 is 14.8 Å². The highest BCUT2D eigenvalue weighted by atomic mass is 16.2. The maximum absolute atomic E-state index is 12.5. The summed E-state index contributed by atoms with van der Waals surface area (Å²) in [7, 11) is 3.70. The van der Waals surface area contributed by atoms with E-state index >= 15 is 0 Å². The number of hydrogen-bond acceptors (Lipinski definition) is 3. The van der Waals surface area contributed by atoms with Crippen molar-refractivity contribution in [2.75, 3.05) is 13.6 Å². The molecule has 0 unspecified atom stereocenters. The lowest BCUT2D eigenvalue weighted by molar-refractivity contribution is -0.139. The average molecular weight is 292 g/mol. The Balaban J connectivity index is 2.06. The molecule has 21 heavy (non-hydrogen) atoms. The van der Waals surface area contributed by atoms with E-state index in [0.29, 0.717) is 13.0 Å². The topological polar surface area (TPSA) is 67.2 Å². The van der Waals surface area contributed by atoms with Crippen LogP contribution in [0.4, 0.5) is 0 Å². The first kappa shape index (κ1) is 15.5. The Morgan fingerprint density at radius 2 is 2.14 bits per heavy atom. The van der Waals surface area contributed by atoms with Gasteiger partial charge >= 0.3 is 0 Å². The number of aromatic nitrogens is 2. The molecular formula is C15H24N4O2. The zero-order valence-corrected chi connectivity index (χ0v) is 13.2. The first-order valence-electron chi connectivity index (χ1n) is 7.41. The molecule has 1 aliphatic rings. The number of amides is 2. The van der Waals surface area contributed by atoms with Crippen LogP contribution in [0.25, 0.3) is 0 Å². The first-order valence-corrected chi connectivity index (χ1v) is 7.41. The van der Waals surface area contributed by atoms with Gasteiger partial charge in [0, 0.05) is 45.4 Å². The van der Waals surface area contributed by atoms with Crippen molar-refractivity contribution in [3.05, 3.63) is 18.2 Å². The molecule has 1 N–H and O–H groups in total. The lowest BCUT2D eigenvalue weighted by atomic mass is 9.94. The molecule has 0 aromatic carbocycles. The Morgan fingerprint density at radius 1 is 1.43 bits per heavy atom. The molecule has 116 valence electrons. The number of likely N-dealkylation sites (tertiary alicyclic amines) is 1. The SMILES string of the molecule is CC(C)[C@@H](NC(=O)[C@H]1CCN(C)C(=O)C1)c1nccn1C. The van der Waals surface area contributed by atoms with Gasteiger partial charge in [0.1, 0.15) is 5.82 Å². The third-order valence-electron chi connectivity index (χ3n) is 4.13. The van der Waals surface area contributed by atoms with E-state index in [0.717, 1.165) is 12.2 Å². The molecule has 0 radical (unpaired) electrons. The van der Waals surface area contributed by atoms with E-state index in [1.807, 2.05) is 17.8 Å². The lowest BCUT2D eigenvalue weighted by Gasteiger charge is -2.30. The standard InChI is InChI=1S/C15H24N4O2/c1-10(2)13(14-16-6-8-19(14)4)17-15(21)11-5-7-18(3)12(20)9-11/h6,8,10-11,13H,5,7,9H2,1-4H3,(H,17,21)/t11-,13+/m0/s1. The van der Waals surface area contributed by atoms with Crippen LogP contribution in [-0.4, -0.2) is 39.9 Å². The summed E-state index contributed by atoms with van der Waals surface area (Å²) in [6, 6.07) is -0.132. The Labute approximate surface area is 125 Å². The summed E-state index contributed by atoms with van der Waals surface area (Å²) in [5, 5.41) is 3.07. The van der Waals surface area contributed by atoms with E-state index in [1.54, 1.807) is 18.1 Å². The number of aryl methyl sites for hydroxylation is 1. The maximum Gasteiger partial charge on any atom is 0.224 e. The summed E-state index contributed by atoms with van der Waals surface area (Å²) in [4.78, 5) is 30.2. The van der Waals surface area contributed by atoms with Crippen molar-refractivity contribution in [3.63, 3.8) is 0 Å². The summed E-state index contributed by atoms with van der Waals surface area (Å²) >= 11 is 0. The normalized spacial score (nSPS) is 20.7. The summed E-state index contributed by atoms with van der Waals surface area (Å²) in [5.41, 5.74) is 0. The van der Waals surface area contributed by atoms with Gasteiger partial charge in [-0.15, -0.1) is 0 Å². The molecule has 6 nitrogen and oxygen atoms in total. The van der Waals surface area contributed by atoms with Crippen LogP contribution in [0, 0.1) is 11.8 Å². The number of hydrogen-bond donors (Lipinski definition) is 1. The van der Waals surface area contributed by atoms with Crippen molar-refractivity contribution in [3.8, 4) is 0 Å². The Kier molecular flexibility index (Phi) is 4.65. The molecule has 2 rings (SSSR count). The van der Waals surface area contributed by atoms with Crippen LogP contribution in [-0.2, 0) is 16.6 Å². The summed E-state index contributed by atoms with van der Waals surface area (Å²) in [6.07, 6.45) is 4.62.